The highest BCUT2D eigenvalue weighted by molar-refractivity contribution is 5.48. The lowest BCUT2D eigenvalue weighted by molar-refractivity contribution is 0.126. The molecule has 0 spiro atoms. The van der Waals surface area contributed by atoms with E-state index in [1.54, 1.807) is 0 Å². The van der Waals surface area contributed by atoms with E-state index in [9.17, 15) is 0 Å². The molecule has 0 saturated heterocycles. The molecule has 2 N–H and O–H groups in total. The summed E-state index contributed by atoms with van der Waals surface area (Å²) in [5.74, 6) is 3.31. The molecule has 0 saturated carbocycles. The monoisotopic (exact) mass is 280 g/mol. The summed E-state index contributed by atoms with van der Waals surface area (Å²) >= 11 is 0. The van der Waals surface area contributed by atoms with Crippen molar-refractivity contribution in [3.8, 4) is 0 Å². The fraction of sp³-hybridized carbons (Fsp3) is 0.733. The van der Waals surface area contributed by atoms with Gasteiger partial charge in [0.25, 0.3) is 0 Å². The standard InChI is InChI=1S/C15H28N4O/c1-7-20-9-12(10(2)3)17-14-8-13(16-6)18-15(19-14)11(4)5/h8,10-12H,7,9H2,1-6H3,(H2,16,17,18,19). The SMILES string of the molecule is CCOCC(Nc1cc(NC)nc(C(C)C)n1)C(C)C. The topological polar surface area (TPSA) is 59.1 Å². The van der Waals surface area contributed by atoms with E-state index in [1.807, 2.05) is 20.0 Å². The zero-order valence-electron chi connectivity index (χ0n) is 13.5. The summed E-state index contributed by atoms with van der Waals surface area (Å²) in [6.07, 6.45) is 0. The lowest BCUT2D eigenvalue weighted by Crippen LogP contribution is -2.31. The maximum atomic E-state index is 5.54. The highest BCUT2D eigenvalue weighted by atomic mass is 16.5. The van der Waals surface area contributed by atoms with Gasteiger partial charge in [0.05, 0.1) is 12.6 Å². The maximum absolute atomic E-state index is 5.54. The van der Waals surface area contributed by atoms with Gasteiger partial charge in [-0.05, 0) is 12.8 Å². The van der Waals surface area contributed by atoms with Crippen molar-refractivity contribution in [2.24, 2.45) is 5.92 Å². The molecule has 114 valence electrons. The van der Waals surface area contributed by atoms with Crippen LogP contribution in [0.1, 0.15) is 46.4 Å². The quantitative estimate of drug-likeness (QED) is 0.766. The van der Waals surface area contributed by atoms with Gasteiger partial charge in [0.15, 0.2) is 0 Å². The number of ether oxygens (including phenoxy) is 1. The number of anilines is 2. The minimum Gasteiger partial charge on any atom is -0.380 e. The van der Waals surface area contributed by atoms with Crippen molar-refractivity contribution < 1.29 is 4.74 Å². The van der Waals surface area contributed by atoms with E-state index in [2.05, 4.69) is 48.3 Å². The molecule has 0 aliphatic carbocycles. The zero-order chi connectivity index (χ0) is 15.1. The molecule has 1 heterocycles. The Kier molecular flexibility index (Phi) is 6.71. The average molecular weight is 280 g/mol. The van der Waals surface area contributed by atoms with Crippen LogP contribution in [-0.4, -0.2) is 36.3 Å². The zero-order valence-corrected chi connectivity index (χ0v) is 13.5. The Balaban J connectivity index is 2.90. The Morgan fingerprint density at radius 1 is 1.15 bits per heavy atom. The molecule has 1 rings (SSSR count). The van der Waals surface area contributed by atoms with Crippen LogP contribution in [-0.2, 0) is 4.74 Å². The molecule has 1 aromatic rings. The molecule has 0 bridgehead atoms. The molecule has 0 fully saturated rings. The van der Waals surface area contributed by atoms with Crippen molar-refractivity contribution in [1.82, 2.24) is 9.97 Å². The van der Waals surface area contributed by atoms with Crippen molar-refractivity contribution in [3.63, 3.8) is 0 Å². The van der Waals surface area contributed by atoms with E-state index < -0.39 is 0 Å². The second-order valence-corrected chi connectivity index (χ2v) is 5.56. The Bertz CT molecular complexity index is 407. The number of rotatable bonds is 8. The first kappa shape index (κ1) is 16.7. The largest absolute Gasteiger partial charge is 0.380 e. The first-order valence-electron chi connectivity index (χ1n) is 7.38. The van der Waals surface area contributed by atoms with Gasteiger partial charge >= 0.3 is 0 Å². The molecular weight excluding hydrogens is 252 g/mol. The van der Waals surface area contributed by atoms with Crippen molar-refractivity contribution in [3.05, 3.63) is 11.9 Å². The van der Waals surface area contributed by atoms with Crippen LogP contribution in [0.2, 0.25) is 0 Å². The molecule has 0 aliphatic rings. The summed E-state index contributed by atoms with van der Waals surface area (Å²) in [7, 11) is 1.87. The molecular formula is C15H28N4O. The highest BCUT2D eigenvalue weighted by Crippen LogP contribution is 2.18. The summed E-state index contributed by atoms with van der Waals surface area (Å²) in [6.45, 7) is 12.0. The van der Waals surface area contributed by atoms with Crippen molar-refractivity contribution in [1.29, 1.82) is 0 Å². The van der Waals surface area contributed by atoms with Gasteiger partial charge in [0.2, 0.25) is 0 Å². The highest BCUT2D eigenvalue weighted by Gasteiger charge is 2.15. The van der Waals surface area contributed by atoms with E-state index in [1.165, 1.54) is 0 Å². The molecule has 1 atom stereocenters. The molecule has 0 radical (unpaired) electrons. The van der Waals surface area contributed by atoms with Crippen LogP contribution in [0.5, 0.6) is 0 Å². The predicted octanol–water partition coefficient (Wildman–Crippen LogP) is 3.11. The van der Waals surface area contributed by atoms with Crippen molar-refractivity contribution in [2.45, 2.75) is 46.6 Å². The number of hydrogen-bond donors (Lipinski definition) is 2. The molecule has 0 amide bonds. The van der Waals surface area contributed by atoms with E-state index in [0.29, 0.717) is 18.4 Å². The summed E-state index contributed by atoms with van der Waals surface area (Å²) in [4.78, 5) is 9.07. The summed E-state index contributed by atoms with van der Waals surface area (Å²) in [6, 6.07) is 2.18. The molecule has 20 heavy (non-hydrogen) atoms. The maximum Gasteiger partial charge on any atom is 0.135 e. The molecule has 5 nitrogen and oxygen atoms in total. The number of nitrogens with zero attached hydrogens (tertiary/aromatic N) is 2. The van der Waals surface area contributed by atoms with Crippen LogP contribution in [0.15, 0.2) is 6.07 Å². The number of hydrogen-bond acceptors (Lipinski definition) is 5. The van der Waals surface area contributed by atoms with Crippen LogP contribution >= 0.6 is 0 Å². The Hall–Kier alpha value is -1.36. The minimum absolute atomic E-state index is 0.245. The molecule has 1 unspecified atom stereocenters. The van der Waals surface area contributed by atoms with Gasteiger partial charge < -0.3 is 15.4 Å². The van der Waals surface area contributed by atoms with Crippen LogP contribution in [0.25, 0.3) is 0 Å². The second-order valence-electron chi connectivity index (χ2n) is 5.56. The molecule has 0 aromatic carbocycles. The molecule has 5 heteroatoms. The number of nitrogens with one attached hydrogen (secondary N) is 2. The van der Waals surface area contributed by atoms with Crippen LogP contribution in [0, 0.1) is 5.92 Å². The van der Waals surface area contributed by atoms with E-state index in [0.717, 1.165) is 24.1 Å². The summed E-state index contributed by atoms with van der Waals surface area (Å²) in [5, 5.41) is 6.55. The molecule has 1 aromatic heterocycles. The van der Waals surface area contributed by atoms with Gasteiger partial charge in [-0.15, -0.1) is 0 Å². The van der Waals surface area contributed by atoms with Crippen LogP contribution in [0.3, 0.4) is 0 Å². The lowest BCUT2D eigenvalue weighted by atomic mass is 10.1. The molecule has 0 aliphatic heterocycles. The smallest absolute Gasteiger partial charge is 0.135 e. The summed E-state index contributed by atoms with van der Waals surface area (Å²) < 4.78 is 5.54. The Morgan fingerprint density at radius 2 is 1.80 bits per heavy atom. The first-order valence-corrected chi connectivity index (χ1v) is 7.38. The van der Waals surface area contributed by atoms with Crippen LogP contribution < -0.4 is 10.6 Å². The van der Waals surface area contributed by atoms with E-state index in [-0.39, 0.29) is 6.04 Å². The van der Waals surface area contributed by atoms with Gasteiger partial charge in [-0.25, -0.2) is 9.97 Å². The first-order chi connectivity index (χ1) is 9.47. The average Bonchev–Trinajstić information content (AvgIpc) is 2.42. The predicted molar refractivity (Wildman–Crippen MR) is 84.4 cm³/mol. The normalized spacial score (nSPS) is 12.8. The van der Waals surface area contributed by atoms with E-state index in [4.69, 9.17) is 4.74 Å². The van der Waals surface area contributed by atoms with Crippen LogP contribution in [0.4, 0.5) is 11.6 Å². The lowest BCUT2D eigenvalue weighted by Gasteiger charge is -2.23. The van der Waals surface area contributed by atoms with E-state index >= 15 is 0 Å². The van der Waals surface area contributed by atoms with Gasteiger partial charge in [-0.3, -0.25) is 0 Å². The van der Waals surface area contributed by atoms with Crippen molar-refractivity contribution in [2.75, 3.05) is 30.9 Å². The fourth-order valence-corrected chi connectivity index (χ4v) is 1.76. The van der Waals surface area contributed by atoms with Gasteiger partial charge in [-0.2, -0.15) is 0 Å². The van der Waals surface area contributed by atoms with Gasteiger partial charge in [0, 0.05) is 25.6 Å². The third-order valence-electron chi connectivity index (χ3n) is 3.16. The third kappa shape index (κ3) is 4.96. The number of aromatic nitrogens is 2. The Labute approximate surface area is 122 Å². The summed E-state index contributed by atoms with van der Waals surface area (Å²) in [5.41, 5.74) is 0. The van der Waals surface area contributed by atoms with Gasteiger partial charge in [0.1, 0.15) is 17.5 Å². The minimum atomic E-state index is 0.245. The van der Waals surface area contributed by atoms with Crippen molar-refractivity contribution >= 4 is 11.6 Å². The fourth-order valence-electron chi connectivity index (χ4n) is 1.76. The Morgan fingerprint density at radius 3 is 2.30 bits per heavy atom. The third-order valence-corrected chi connectivity index (χ3v) is 3.16. The second kappa shape index (κ2) is 8.04. The van der Waals surface area contributed by atoms with Gasteiger partial charge in [-0.1, -0.05) is 27.7 Å².